The molecule has 1 aliphatic carbocycles. The maximum Gasteiger partial charge on any atom is 0.257 e. The van der Waals surface area contributed by atoms with E-state index in [0.717, 1.165) is 29.7 Å². The summed E-state index contributed by atoms with van der Waals surface area (Å²) in [5.74, 6) is -0.469. The van der Waals surface area contributed by atoms with Crippen molar-refractivity contribution in [2.24, 2.45) is 10.8 Å². The zero-order chi connectivity index (χ0) is 31.9. The number of hydrogen-bond donors (Lipinski definition) is 2. The van der Waals surface area contributed by atoms with Crippen LogP contribution in [0.15, 0.2) is 29.2 Å². The van der Waals surface area contributed by atoms with Crippen molar-refractivity contribution in [3.63, 3.8) is 0 Å². The number of nitrogens with zero attached hydrogens (tertiary/aromatic N) is 2. The van der Waals surface area contributed by atoms with E-state index in [1.807, 2.05) is 0 Å². The number of thiophene rings is 1. The fourth-order valence-electron chi connectivity index (χ4n) is 8.54. The maximum atomic E-state index is 14.0. The molecule has 44 heavy (non-hydrogen) atoms. The van der Waals surface area contributed by atoms with Crippen LogP contribution in [0.25, 0.3) is 0 Å². The van der Waals surface area contributed by atoms with E-state index in [1.54, 1.807) is 21.3 Å². The molecule has 240 valence electrons. The van der Waals surface area contributed by atoms with E-state index in [9.17, 15) is 18.0 Å². The number of amides is 2. The molecule has 0 spiro atoms. The van der Waals surface area contributed by atoms with Gasteiger partial charge in [0.25, 0.3) is 11.8 Å². The standard InChI is InChI=1S/C33H46N4O5S2/c1-30(2)16-22-17-33(7,19-30)20-37(22)44(40,41)23-10-8-21(9-11-23)27(38)34-28-25(29(39)36-12-14-42-15-13-36)24-18-31(3,4)35-32(5,6)26(24)43-28/h8-11,22,35H,12-20H2,1-7H3,(H,34,38). The number of rotatable bonds is 5. The lowest BCUT2D eigenvalue weighted by Gasteiger charge is -2.42. The maximum absolute atomic E-state index is 14.0. The molecule has 2 amide bonds. The first-order valence-electron chi connectivity index (χ1n) is 15.7. The number of nitrogens with one attached hydrogen (secondary N) is 2. The highest BCUT2D eigenvalue weighted by atomic mass is 32.2. The molecular formula is C33H46N4O5S2. The van der Waals surface area contributed by atoms with Gasteiger partial charge in [-0.05, 0) is 94.0 Å². The predicted octanol–water partition coefficient (Wildman–Crippen LogP) is 5.22. The number of morpholine rings is 1. The first-order valence-corrected chi connectivity index (χ1v) is 17.9. The van der Waals surface area contributed by atoms with Gasteiger partial charge in [-0.2, -0.15) is 4.31 Å². The summed E-state index contributed by atoms with van der Waals surface area (Å²) in [6.45, 7) is 17.6. The molecule has 2 unspecified atom stereocenters. The van der Waals surface area contributed by atoms with Gasteiger partial charge in [0, 0.05) is 47.2 Å². The van der Waals surface area contributed by atoms with E-state index in [2.05, 4.69) is 59.1 Å². The molecular weight excluding hydrogens is 597 g/mol. The molecule has 1 saturated carbocycles. The fourth-order valence-corrected chi connectivity index (χ4v) is 11.6. The van der Waals surface area contributed by atoms with Crippen LogP contribution in [0, 0.1) is 10.8 Å². The molecule has 2 bridgehead atoms. The Labute approximate surface area is 265 Å². The Balaban J connectivity index is 1.27. The normalized spacial score (nSPS) is 27.5. The summed E-state index contributed by atoms with van der Waals surface area (Å²) in [6, 6.07) is 6.21. The molecule has 4 heterocycles. The molecule has 0 radical (unpaired) electrons. The molecule has 9 nitrogen and oxygen atoms in total. The summed E-state index contributed by atoms with van der Waals surface area (Å²) < 4.78 is 34.7. The lowest BCUT2D eigenvalue weighted by molar-refractivity contribution is 0.0302. The van der Waals surface area contributed by atoms with Crippen molar-refractivity contribution in [1.29, 1.82) is 0 Å². The van der Waals surface area contributed by atoms with Crippen molar-refractivity contribution in [1.82, 2.24) is 14.5 Å². The molecule has 2 atom stereocenters. The minimum Gasteiger partial charge on any atom is -0.378 e. The summed E-state index contributed by atoms with van der Waals surface area (Å²) in [4.78, 5) is 30.6. The number of carbonyl (C=O) groups excluding carboxylic acids is 2. The van der Waals surface area contributed by atoms with Crippen LogP contribution < -0.4 is 10.6 Å². The molecule has 1 aromatic heterocycles. The van der Waals surface area contributed by atoms with Crippen LogP contribution in [0.3, 0.4) is 0 Å². The molecule has 4 aliphatic rings. The van der Waals surface area contributed by atoms with Gasteiger partial charge in [0.1, 0.15) is 5.00 Å². The van der Waals surface area contributed by atoms with Gasteiger partial charge < -0.3 is 20.3 Å². The Morgan fingerprint density at radius 1 is 1.00 bits per heavy atom. The Bertz CT molecular complexity index is 1590. The van der Waals surface area contributed by atoms with E-state index in [0.29, 0.717) is 55.4 Å². The Kier molecular flexibility index (Phi) is 7.64. The minimum atomic E-state index is -3.70. The summed E-state index contributed by atoms with van der Waals surface area (Å²) in [5.41, 5.74) is 1.33. The summed E-state index contributed by atoms with van der Waals surface area (Å²) in [7, 11) is -3.70. The van der Waals surface area contributed by atoms with Gasteiger partial charge in [-0.25, -0.2) is 8.42 Å². The number of anilines is 1. The lowest BCUT2D eigenvalue weighted by atomic mass is 9.65. The average Bonchev–Trinajstić information content (AvgIpc) is 3.40. The van der Waals surface area contributed by atoms with Gasteiger partial charge in [0.05, 0.1) is 23.7 Å². The van der Waals surface area contributed by atoms with Gasteiger partial charge in [0.2, 0.25) is 10.0 Å². The highest BCUT2D eigenvalue weighted by molar-refractivity contribution is 7.89. The van der Waals surface area contributed by atoms with Gasteiger partial charge in [0.15, 0.2) is 0 Å². The molecule has 1 aromatic carbocycles. The molecule has 6 rings (SSSR count). The quantitative estimate of drug-likeness (QED) is 0.463. The molecule has 3 aliphatic heterocycles. The van der Waals surface area contributed by atoms with E-state index in [4.69, 9.17) is 4.74 Å². The van der Waals surface area contributed by atoms with Crippen LogP contribution in [0.5, 0.6) is 0 Å². The number of sulfonamides is 1. The zero-order valence-electron chi connectivity index (χ0n) is 27.0. The molecule has 2 aromatic rings. The van der Waals surface area contributed by atoms with Crippen LogP contribution in [0.4, 0.5) is 5.00 Å². The Morgan fingerprint density at radius 2 is 1.66 bits per heavy atom. The predicted molar refractivity (Wildman–Crippen MR) is 173 cm³/mol. The van der Waals surface area contributed by atoms with Crippen molar-refractivity contribution >= 4 is 38.2 Å². The fraction of sp³-hybridized carbons (Fsp3) is 0.636. The van der Waals surface area contributed by atoms with Gasteiger partial charge in [-0.15, -0.1) is 11.3 Å². The van der Waals surface area contributed by atoms with Crippen molar-refractivity contribution in [3.8, 4) is 0 Å². The van der Waals surface area contributed by atoms with Crippen molar-refractivity contribution in [2.45, 2.75) is 96.2 Å². The number of benzene rings is 1. The minimum absolute atomic E-state index is 0.00673. The second kappa shape index (κ2) is 10.6. The van der Waals surface area contributed by atoms with Crippen LogP contribution in [-0.4, -0.2) is 73.9 Å². The van der Waals surface area contributed by atoms with Crippen LogP contribution in [0.1, 0.15) is 98.9 Å². The average molecular weight is 643 g/mol. The summed E-state index contributed by atoms with van der Waals surface area (Å²) in [5, 5.41) is 7.26. The zero-order valence-corrected chi connectivity index (χ0v) is 28.6. The second-order valence-corrected chi connectivity index (χ2v) is 18.5. The van der Waals surface area contributed by atoms with Crippen molar-refractivity contribution in [2.75, 3.05) is 38.2 Å². The smallest absolute Gasteiger partial charge is 0.257 e. The topological polar surface area (TPSA) is 108 Å². The number of ether oxygens (including phenoxy) is 1. The highest BCUT2D eigenvalue weighted by Gasteiger charge is 2.53. The Morgan fingerprint density at radius 3 is 2.32 bits per heavy atom. The van der Waals surface area contributed by atoms with Gasteiger partial charge >= 0.3 is 0 Å². The van der Waals surface area contributed by atoms with Gasteiger partial charge in [-0.3, -0.25) is 9.59 Å². The monoisotopic (exact) mass is 642 g/mol. The molecule has 3 fully saturated rings. The van der Waals surface area contributed by atoms with Crippen molar-refractivity contribution in [3.05, 3.63) is 45.8 Å². The largest absolute Gasteiger partial charge is 0.378 e. The molecule has 2 saturated heterocycles. The first-order chi connectivity index (χ1) is 20.4. The molecule has 11 heteroatoms. The summed E-state index contributed by atoms with van der Waals surface area (Å²) >= 11 is 1.44. The second-order valence-electron chi connectivity index (χ2n) is 15.6. The number of fused-ring (bicyclic) bond motifs is 3. The van der Waals surface area contributed by atoms with Crippen LogP contribution in [0.2, 0.25) is 0 Å². The number of hydrogen-bond acceptors (Lipinski definition) is 7. The third kappa shape index (κ3) is 5.75. The third-order valence-electron chi connectivity index (χ3n) is 9.67. The molecule has 2 N–H and O–H groups in total. The van der Waals surface area contributed by atoms with Crippen LogP contribution in [-0.2, 0) is 26.7 Å². The third-order valence-corrected chi connectivity index (χ3v) is 13.1. The van der Waals surface area contributed by atoms with E-state index < -0.39 is 10.0 Å². The first kappa shape index (κ1) is 31.7. The summed E-state index contributed by atoms with van der Waals surface area (Å²) in [6.07, 6.45) is 3.40. The van der Waals surface area contributed by atoms with Gasteiger partial charge in [-0.1, -0.05) is 20.8 Å². The number of carbonyl (C=O) groups is 2. The Hall–Kier alpha value is -2.31. The highest BCUT2D eigenvalue weighted by Crippen LogP contribution is 2.53. The van der Waals surface area contributed by atoms with Crippen LogP contribution >= 0.6 is 11.3 Å². The van der Waals surface area contributed by atoms with E-state index in [1.165, 1.54) is 23.5 Å². The van der Waals surface area contributed by atoms with Crippen molar-refractivity contribution < 1.29 is 22.7 Å². The SMILES string of the molecule is CC1(C)CC2CC(C)(CN2S(=O)(=O)c2ccc(C(=O)Nc3sc4c(c3C(=O)N3CCOCC3)CC(C)(C)NC4(C)C)cc2)C1. The lowest BCUT2D eigenvalue weighted by Crippen LogP contribution is -2.55. The van der Waals surface area contributed by atoms with E-state index >= 15 is 0 Å². The van der Waals surface area contributed by atoms with E-state index in [-0.39, 0.29) is 44.7 Å².